The molecule has 2 rings (SSSR count). The summed E-state index contributed by atoms with van der Waals surface area (Å²) in [6.07, 6.45) is 0.358. The van der Waals surface area contributed by atoms with Crippen molar-refractivity contribution in [3.8, 4) is 11.8 Å². The van der Waals surface area contributed by atoms with E-state index in [2.05, 4.69) is 4.98 Å². The number of fused-ring (bicyclic) bond motifs is 1. The van der Waals surface area contributed by atoms with Crippen LogP contribution in [0.25, 0.3) is 10.9 Å². The predicted molar refractivity (Wildman–Crippen MR) is 95.4 cm³/mol. The van der Waals surface area contributed by atoms with Crippen molar-refractivity contribution in [1.29, 1.82) is 5.26 Å². The van der Waals surface area contributed by atoms with Crippen LogP contribution in [0.5, 0.6) is 5.75 Å². The minimum atomic E-state index is -0.494. The molecule has 0 aliphatic heterocycles. The van der Waals surface area contributed by atoms with Gasteiger partial charge in [0.2, 0.25) is 0 Å². The van der Waals surface area contributed by atoms with Gasteiger partial charge in [0.1, 0.15) is 23.1 Å². The van der Waals surface area contributed by atoms with Gasteiger partial charge in [0.25, 0.3) is 0 Å². The highest BCUT2D eigenvalue weighted by Gasteiger charge is 2.19. The van der Waals surface area contributed by atoms with Gasteiger partial charge in [-0.3, -0.25) is 0 Å². The van der Waals surface area contributed by atoms with Gasteiger partial charge >= 0.3 is 6.09 Å². The summed E-state index contributed by atoms with van der Waals surface area (Å²) >= 11 is 0. The molecule has 0 saturated carbocycles. The number of benzene rings is 1. The van der Waals surface area contributed by atoms with Gasteiger partial charge in [-0.15, -0.1) is 0 Å². The van der Waals surface area contributed by atoms with E-state index in [4.69, 9.17) is 14.7 Å². The van der Waals surface area contributed by atoms with Crippen molar-refractivity contribution in [2.45, 2.75) is 32.8 Å². The van der Waals surface area contributed by atoms with Crippen LogP contribution >= 0.6 is 0 Å². The van der Waals surface area contributed by atoms with E-state index in [9.17, 15) is 4.79 Å². The Morgan fingerprint density at radius 1 is 1.28 bits per heavy atom. The second-order valence-electron chi connectivity index (χ2n) is 6.77. The first-order valence-electron chi connectivity index (χ1n) is 8.16. The number of carbonyl (C=O) groups is 1. The van der Waals surface area contributed by atoms with Crippen LogP contribution in [0.15, 0.2) is 30.3 Å². The fourth-order valence-corrected chi connectivity index (χ4v) is 2.18. The predicted octanol–water partition coefficient (Wildman–Crippen LogP) is 3.74. The molecule has 1 aromatic carbocycles. The average Bonchev–Trinajstić information content (AvgIpc) is 2.56. The molecule has 1 aromatic heterocycles. The maximum absolute atomic E-state index is 11.9. The topological polar surface area (TPSA) is 75.5 Å². The van der Waals surface area contributed by atoms with Gasteiger partial charge in [-0.25, -0.2) is 9.78 Å². The SMILES string of the molecule is CN(CCCOc1ccc2nc(C#N)ccc2c1)C(=O)OC(C)(C)C. The van der Waals surface area contributed by atoms with Crippen LogP contribution in [-0.4, -0.2) is 41.8 Å². The maximum atomic E-state index is 11.9. The Kier molecular flexibility index (Phi) is 5.81. The number of ether oxygens (including phenoxy) is 2. The van der Waals surface area contributed by atoms with Crippen LogP contribution < -0.4 is 4.74 Å². The van der Waals surface area contributed by atoms with Gasteiger partial charge < -0.3 is 14.4 Å². The van der Waals surface area contributed by atoms with E-state index in [-0.39, 0.29) is 6.09 Å². The van der Waals surface area contributed by atoms with Crippen molar-refractivity contribution in [2.75, 3.05) is 20.2 Å². The lowest BCUT2D eigenvalue weighted by molar-refractivity contribution is 0.0292. The number of rotatable bonds is 5. The van der Waals surface area contributed by atoms with Crippen LogP contribution in [0.2, 0.25) is 0 Å². The summed E-state index contributed by atoms with van der Waals surface area (Å²) in [5, 5.41) is 9.79. The summed E-state index contributed by atoms with van der Waals surface area (Å²) in [4.78, 5) is 17.6. The molecule has 0 aliphatic rings. The van der Waals surface area contributed by atoms with E-state index in [1.807, 2.05) is 51.1 Å². The van der Waals surface area contributed by atoms with Crippen molar-refractivity contribution >= 4 is 17.0 Å². The Bertz CT molecular complexity index is 791. The van der Waals surface area contributed by atoms with Crippen LogP contribution in [-0.2, 0) is 4.74 Å². The molecule has 6 nitrogen and oxygen atoms in total. The van der Waals surface area contributed by atoms with E-state index in [1.165, 1.54) is 0 Å². The monoisotopic (exact) mass is 341 g/mol. The van der Waals surface area contributed by atoms with Crippen molar-refractivity contribution in [2.24, 2.45) is 0 Å². The van der Waals surface area contributed by atoms with Gasteiger partial charge in [0.05, 0.1) is 12.1 Å². The zero-order chi connectivity index (χ0) is 18.4. The minimum absolute atomic E-state index is 0.336. The third-order valence-corrected chi connectivity index (χ3v) is 3.39. The van der Waals surface area contributed by atoms with Crippen molar-refractivity contribution in [3.63, 3.8) is 0 Å². The summed E-state index contributed by atoms with van der Waals surface area (Å²) in [7, 11) is 1.71. The lowest BCUT2D eigenvalue weighted by Gasteiger charge is -2.24. The molecule has 1 heterocycles. The number of nitriles is 1. The highest BCUT2D eigenvalue weighted by atomic mass is 16.6. The first kappa shape index (κ1) is 18.5. The molecular weight excluding hydrogens is 318 g/mol. The molecule has 25 heavy (non-hydrogen) atoms. The molecule has 2 aromatic rings. The van der Waals surface area contributed by atoms with Gasteiger partial charge in [0, 0.05) is 19.0 Å². The molecule has 0 atom stereocenters. The van der Waals surface area contributed by atoms with Gasteiger partial charge in [-0.2, -0.15) is 5.26 Å². The highest BCUT2D eigenvalue weighted by Crippen LogP contribution is 2.20. The molecule has 0 bridgehead atoms. The Balaban J connectivity index is 1.83. The quantitative estimate of drug-likeness (QED) is 0.774. The molecule has 0 aliphatic carbocycles. The van der Waals surface area contributed by atoms with E-state index in [0.717, 1.165) is 16.7 Å². The Hall–Kier alpha value is -2.81. The van der Waals surface area contributed by atoms with Crippen LogP contribution in [0.1, 0.15) is 32.9 Å². The first-order valence-corrected chi connectivity index (χ1v) is 8.16. The summed E-state index contributed by atoms with van der Waals surface area (Å²) in [6, 6.07) is 11.1. The lowest BCUT2D eigenvalue weighted by Crippen LogP contribution is -2.35. The Labute approximate surface area is 148 Å². The van der Waals surface area contributed by atoms with Gasteiger partial charge in [0.15, 0.2) is 0 Å². The zero-order valence-corrected chi connectivity index (χ0v) is 15.1. The normalized spacial score (nSPS) is 11.0. The summed E-state index contributed by atoms with van der Waals surface area (Å²) in [5.41, 5.74) is 0.661. The van der Waals surface area contributed by atoms with E-state index < -0.39 is 5.60 Å². The molecule has 0 saturated heterocycles. The minimum Gasteiger partial charge on any atom is -0.494 e. The molecule has 0 spiro atoms. The number of pyridine rings is 1. The Morgan fingerprint density at radius 3 is 2.72 bits per heavy atom. The number of hydrogen-bond donors (Lipinski definition) is 0. The third kappa shape index (κ3) is 5.64. The standard InChI is InChI=1S/C19H23N3O3/c1-19(2,3)25-18(23)22(4)10-5-11-24-16-8-9-17-14(12-16)6-7-15(13-20)21-17/h6-9,12H,5,10-11H2,1-4H3. The van der Waals surface area contributed by atoms with Crippen molar-refractivity contribution < 1.29 is 14.3 Å². The maximum Gasteiger partial charge on any atom is 0.410 e. The molecular formula is C19H23N3O3. The second kappa shape index (κ2) is 7.84. The first-order chi connectivity index (χ1) is 11.8. The Morgan fingerprint density at radius 2 is 2.04 bits per heavy atom. The second-order valence-corrected chi connectivity index (χ2v) is 6.77. The number of nitrogens with zero attached hydrogens (tertiary/aromatic N) is 3. The van der Waals surface area contributed by atoms with Gasteiger partial charge in [-0.05, 0) is 57.5 Å². The van der Waals surface area contributed by atoms with E-state index >= 15 is 0 Å². The smallest absolute Gasteiger partial charge is 0.410 e. The van der Waals surface area contributed by atoms with Crippen molar-refractivity contribution in [1.82, 2.24) is 9.88 Å². The van der Waals surface area contributed by atoms with Crippen molar-refractivity contribution in [3.05, 3.63) is 36.0 Å². The van der Waals surface area contributed by atoms with Gasteiger partial charge in [-0.1, -0.05) is 0 Å². The fourth-order valence-electron chi connectivity index (χ4n) is 2.18. The van der Waals surface area contributed by atoms with E-state index in [0.29, 0.717) is 25.3 Å². The highest BCUT2D eigenvalue weighted by molar-refractivity contribution is 5.80. The number of hydrogen-bond acceptors (Lipinski definition) is 5. The summed E-state index contributed by atoms with van der Waals surface area (Å²) < 4.78 is 11.0. The number of carbonyl (C=O) groups excluding carboxylic acids is 1. The zero-order valence-electron chi connectivity index (χ0n) is 15.1. The number of amides is 1. The summed E-state index contributed by atoms with van der Waals surface area (Å²) in [6.45, 7) is 6.57. The molecule has 0 unspecified atom stereocenters. The van der Waals surface area contributed by atoms with E-state index in [1.54, 1.807) is 18.0 Å². The average molecular weight is 341 g/mol. The third-order valence-electron chi connectivity index (χ3n) is 3.39. The van der Waals surface area contributed by atoms with Crippen LogP contribution in [0, 0.1) is 11.3 Å². The largest absolute Gasteiger partial charge is 0.494 e. The summed E-state index contributed by atoms with van der Waals surface area (Å²) in [5.74, 6) is 0.735. The number of aromatic nitrogens is 1. The fraction of sp³-hybridized carbons (Fsp3) is 0.421. The molecule has 1 amide bonds. The van der Waals surface area contributed by atoms with Crippen LogP contribution in [0.4, 0.5) is 4.79 Å². The molecule has 6 heteroatoms. The van der Waals surface area contributed by atoms with Crippen LogP contribution in [0.3, 0.4) is 0 Å². The molecule has 0 fully saturated rings. The molecule has 132 valence electrons. The molecule has 0 N–H and O–H groups in total. The lowest BCUT2D eigenvalue weighted by atomic mass is 10.2. The molecule has 0 radical (unpaired) electrons.